The summed E-state index contributed by atoms with van der Waals surface area (Å²) in [5.41, 5.74) is 1.00. The number of anilines is 1. The van der Waals surface area contributed by atoms with Crippen molar-refractivity contribution in [2.75, 3.05) is 12.0 Å². The summed E-state index contributed by atoms with van der Waals surface area (Å²) in [6, 6.07) is 3.72. The monoisotopic (exact) mass is 259 g/mol. The fourth-order valence-electron chi connectivity index (χ4n) is 1.54. The van der Waals surface area contributed by atoms with Crippen molar-refractivity contribution in [1.82, 2.24) is 9.78 Å². The van der Waals surface area contributed by atoms with Crippen LogP contribution < -0.4 is 5.32 Å². The highest BCUT2D eigenvalue weighted by Gasteiger charge is 2.07. The van der Waals surface area contributed by atoms with Crippen molar-refractivity contribution >= 4 is 18.2 Å². The van der Waals surface area contributed by atoms with Gasteiger partial charge in [-0.1, -0.05) is 0 Å². The van der Waals surface area contributed by atoms with E-state index in [9.17, 15) is 4.39 Å². The summed E-state index contributed by atoms with van der Waals surface area (Å²) in [5, 5.41) is 7.28. The second-order valence-corrected chi connectivity index (χ2v) is 3.52. The van der Waals surface area contributed by atoms with E-state index in [1.54, 1.807) is 17.1 Å². The fourth-order valence-corrected chi connectivity index (χ4v) is 1.54. The molecule has 0 aliphatic carbocycles. The molecule has 0 bridgehead atoms. The highest BCUT2D eigenvalue weighted by molar-refractivity contribution is 5.85. The first kappa shape index (κ1) is 13.6. The third-order valence-corrected chi connectivity index (χ3v) is 2.33. The maximum Gasteiger partial charge on any atom is 0.127 e. The lowest BCUT2D eigenvalue weighted by molar-refractivity contribution is 0.428. The average molecular weight is 260 g/mol. The second kappa shape index (κ2) is 6.30. The van der Waals surface area contributed by atoms with Gasteiger partial charge in [-0.25, -0.2) is 9.07 Å². The van der Waals surface area contributed by atoms with Gasteiger partial charge in [0, 0.05) is 5.56 Å². The topological polar surface area (TPSA) is 43.0 Å². The van der Waals surface area contributed by atoms with Crippen LogP contribution in [0.1, 0.15) is 11.3 Å². The minimum Gasteiger partial charge on any atom is -0.467 e. The first-order valence-electron chi connectivity index (χ1n) is 5.16. The van der Waals surface area contributed by atoms with Gasteiger partial charge in [0.1, 0.15) is 18.3 Å². The third kappa shape index (κ3) is 3.23. The van der Waals surface area contributed by atoms with Crippen molar-refractivity contribution in [3.8, 4) is 0 Å². The Morgan fingerprint density at radius 1 is 1.53 bits per heavy atom. The van der Waals surface area contributed by atoms with Crippen LogP contribution in [0.4, 0.5) is 10.2 Å². The molecule has 2 rings (SSSR count). The standard InChI is InChI=1S/C11H14FN3O.ClH/c1-9-7-14-15(5-4-12)11(9)13-8-10-3-2-6-16-10;/h2-3,6-7,13H,4-5,8H2,1H3;1H. The Morgan fingerprint density at radius 2 is 2.35 bits per heavy atom. The van der Waals surface area contributed by atoms with Gasteiger partial charge in [-0.3, -0.25) is 0 Å². The smallest absolute Gasteiger partial charge is 0.127 e. The summed E-state index contributed by atoms with van der Waals surface area (Å²) in [4.78, 5) is 0. The van der Waals surface area contributed by atoms with Crippen LogP contribution in [0.25, 0.3) is 0 Å². The number of hydrogen-bond acceptors (Lipinski definition) is 3. The van der Waals surface area contributed by atoms with Gasteiger partial charge in [-0.05, 0) is 19.1 Å². The molecule has 2 aromatic rings. The molecule has 0 fully saturated rings. The van der Waals surface area contributed by atoms with Crippen LogP contribution >= 0.6 is 12.4 Å². The van der Waals surface area contributed by atoms with Gasteiger partial charge in [-0.15, -0.1) is 12.4 Å². The molecule has 0 radical (unpaired) electrons. The SMILES string of the molecule is Cc1cnn(CCF)c1NCc1ccco1.Cl. The average Bonchev–Trinajstić information content (AvgIpc) is 2.88. The van der Waals surface area contributed by atoms with Crippen LogP contribution in [0.2, 0.25) is 0 Å². The first-order valence-corrected chi connectivity index (χ1v) is 5.16. The van der Waals surface area contributed by atoms with Crippen molar-refractivity contribution < 1.29 is 8.81 Å². The molecule has 94 valence electrons. The number of nitrogens with one attached hydrogen (secondary N) is 1. The van der Waals surface area contributed by atoms with Gasteiger partial charge in [0.2, 0.25) is 0 Å². The van der Waals surface area contributed by atoms with E-state index in [-0.39, 0.29) is 19.0 Å². The van der Waals surface area contributed by atoms with Gasteiger partial charge in [0.05, 0.1) is 25.5 Å². The maximum atomic E-state index is 12.3. The minimum absolute atomic E-state index is 0. The molecule has 6 heteroatoms. The lowest BCUT2D eigenvalue weighted by Gasteiger charge is -2.08. The largest absolute Gasteiger partial charge is 0.467 e. The number of rotatable bonds is 5. The quantitative estimate of drug-likeness (QED) is 0.898. The number of halogens is 2. The number of alkyl halides is 1. The molecule has 0 aromatic carbocycles. The summed E-state index contributed by atoms with van der Waals surface area (Å²) < 4.78 is 19.1. The molecule has 0 unspecified atom stereocenters. The molecule has 2 heterocycles. The summed E-state index contributed by atoms with van der Waals surface area (Å²) in [7, 11) is 0. The van der Waals surface area contributed by atoms with Crippen LogP contribution in [0.5, 0.6) is 0 Å². The molecular formula is C11H15ClFN3O. The van der Waals surface area contributed by atoms with E-state index in [0.717, 1.165) is 17.1 Å². The van der Waals surface area contributed by atoms with E-state index in [0.29, 0.717) is 6.54 Å². The number of furan rings is 1. The highest BCUT2D eigenvalue weighted by atomic mass is 35.5. The molecule has 1 N–H and O–H groups in total. The fraction of sp³-hybridized carbons (Fsp3) is 0.364. The summed E-state index contributed by atoms with van der Waals surface area (Å²) >= 11 is 0. The zero-order valence-electron chi connectivity index (χ0n) is 9.52. The lowest BCUT2D eigenvalue weighted by Crippen LogP contribution is -2.09. The molecule has 0 amide bonds. The van der Waals surface area contributed by atoms with Gasteiger partial charge >= 0.3 is 0 Å². The highest BCUT2D eigenvalue weighted by Crippen LogP contribution is 2.15. The lowest BCUT2D eigenvalue weighted by atomic mass is 10.3. The molecule has 0 saturated carbocycles. The van der Waals surface area contributed by atoms with E-state index in [1.165, 1.54) is 0 Å². The third-order valence-electron chi connectivity index (χ3n) is 2.33. The predicted molar refractivity (Wildman–Crippen MR) is 66.2 cm³/mol. The molecule has 0 atom stereocenters. The second-order valence-electron chi connectivity index (χ2n) is 3.52. The van der Waals surface area contributed by atoms with Crippen molar-refractivity contribution in [3.05, 3.63) is 35.9 Å². The van der Waals surface area contributed by atoms with E-state index in [1.807, 2.05) is 19.1 Å². The van der Waals surface area contributed by atoms with Gasteiger partial charge in [0.25, 0.3) is 0 Å². The maximum absolute atomic E-state index is 12.3. The van der Waals surface area contributed by atoms with Crippen LogP contribution in [0.15, 0.2) is 29.0 Å². The number of hydrogen-bond donors (Lipinski definition) is 1. The Hall–Kier alpha value is -1.49. The molecule has 0 aliphatic rings. The molecular weight excluding hydrogens is 245 g/mol. The van der Waals surface area contributed by atoms with Gasteiger partial charge in [-0.2, -0.15) is 5.10 Å². The normalized spacial score (nSPS) is 10.0. The van der Waals surface area contributed by atoms with E-state index < -0.39 is 6.67 Å². The summed E-state index contributed by atoms with van der Waals surface area (Å²) in [5.74, 6) is 1.68. The molecule has 0 aliphatic heterocycles. The molecule has 17 heavy (non-hydrogen) atoms. The molecule has 0 saturated heterocycles. The van der Waals surface area contributed by atoms with E-state index in [2.05, 4.69) is 10.4 Å². The Bertz CT molecular complexity index is 442. The number of aryl methyl sites for hydroxylation is 2. The predicted octanol–water partition coefficient (Wildman–Crippen LogP) is 2.79. The summed E-state index contributed by atoms with van der Waals surface area (Å²) in [6.45, 7) is 2.36. The number of nitrogens with zero attached hydrogens (tertiary/aromatic N) is 2. The van der Waals surface area contributed by atoms with Crippen molar-refractivity contribution in [2.24, 2.45) is 0 Å². The van der Waals surface area contributed by atoms with Gasteiger partial charge < -0.3 is 9.73 Å². The van der Waals surface area contributed by atoms with Crippen molar-refractivity contribution in [3.63, 3.8) is 0 Å². The first-order chi connectivity index (χ1) is 7.81. The zero-order chi connectivity index (χ0) is 11.4. The van der Waals surface area contributed by atoms with E-state index >= 15 is 0 Å². The van der Waals surface area contributed by atoms with Crippen LogP contribution in [-0.2, 0) is 13.1 Å². The molecule has 2 aromatic heterocycles. The molecule has 4 nitrogen and oxygen atoms in total. The van der Waals surface area contributed by atoms with Crippen LogP contribution in [0, 0.1) is 6.92 Å². The van der Waals surface area contributed by atoms with Crippen LogP contribution in [0.3, 0.4) is 0 Å². The van der Waals surface area contributed by atoms with E-state index in [4.69, 9.17) is 4.42 Å². The Kier molecular flexibility index (Phi) is 5.03. The summed E-state index contributed by atoms with van der Waals surface area (Å²) in [6.07, 6.45) is 3.35. The minimum atomic E-state index is -0.420. The van der Waals surface area contributed by atoms with Crippen molar-refractivity contribution in [1.29, 1.82) is 0 Å². The Morgan fingerprint density at radius 3 is 3.00 bits per heavy atom. The Balaban J connectivity index is 0.00000144. The van der Waals surface area contributed by atoms with Gasteiger partial charge in [0.15, 0.2) is 0 Å². The Labute approximate surface area is 105 Å². The van der Waals surface area contributed by atoms with Crippen LogP contribution in [-0.4, -0.2) is 16.5 Å². The number of aromatic nitrogens is 2. The molecule has 0 spiro atoms. The van der Waals surface area contributed by atoms with Crippen molar-refractivity contribution in [2.45, 2.75) is 20.0 Å². The zero-order valence-corrected chi connectivity index (χ0v) is 10.3.